The van der Waals surface area contributed by atoms with Gasteiger partial charge in [0.05, 0.1) is 0 Å². The Balaban J connectivity index is 2.31. The summed E-state index contributed by atoms with van der Waals surface area (Å²) >= 11 is 0. The number of rotatable bonds is 5. The fourth-order valence-corrected chi connectivity index (χ4v) is 2.15. The topological polar surface area (TPSA) is 48.1 Å². The van der Waals surface area contributed by atoms with Gasteiger partial charge in [-0.05, 0) is 43.5 Å². The number of aryl methyl sites for hydroxylation is 1. The maximum Gasteiger partial charge on any atom is 0.140 e. The lowest BCUT2D eigenvalue weighted by Gasteiger charge is -2.25. The molecule has 3 heteroatoms. The molecule has 2 rings (SSSR count). The van der Waals surface area contributed by atoms with Crippen LogP contribution in [0.4, 0.5) is 0 Å². The minimum absolute atomic E-state index is 0.0564. The van der Waals surface area contributed by atoms with E-state index in [9.17, 15) is 0 Å². The Kier molecular flexibility index (Phi) is 4.74. The van der Waals surface area contributed by atoms with Crippen LogP contribution in [0.2, 0.25) is 0 Å². The normalized spacial score (nSPS) is 13.8. The molecule has 1 heterocycles. The summed E-state index contributed by atoms with van der Waals surface area (Å²) in [5, 5.41) is 0. The summed E-state index contributed by atoms with van der Waals surface area (Å²) in [5.41, 5.74) is 9.63. The Bertz CT molecular complexity index is 554. The highest BCUT2D eigenvalue weighted by Gasteiger charge is 2.21. The van der Waals surface area contributed by atoms with Gasteiger partial charge in [0, 0.05) is 24.0 Å². The zero-order chi connectivity index (χ0) is 14.5. The van der Waals surface area contributed by atoms with Crippen LogP contribution >= 0.6 is 0 Å². The van der Waals surface area contributed by atoms with Gasteiger partial charge >= 0.3 is 0 Å². The number of benzene rings is 1. The van der Waals surface area contributed by atoms with Crippen molar-refractivity contribution in [3.05, 3.63) is 59.4 Å². The summed E-state index contributed by atoms with van der Waals surface area (Å²) in [6, 6.07) is 9.96. The van der Waals surface area contributed by atoms with Crippen molar-refractivity contribution in [1.29, 1.82) is 0 Å². The summed E-state index contributed by atoms with van der Waals surface area (Å²) in [6.07, 6.45) is 4.26. The molecule has 2 aromatic rings. The van der Waals surface area contributed by atoms with E-state index in [2.05, 4.69) is 31.8 Å². The van der Waals surface area contributed by atoms with Crippen molar-refractivity contribution in [3.63, 3.8) is 0 Å². The summed E-state index contributed by atoms with van der Waals surface area (Å²) in [7, 11) is 0. The maximum absolute atomic E-state index is 6.23. The van der Waals surface area contributed by atoms with Crippen LogP contribution < -0.4 is 10.5 Å². The van der Waals surface area contributed by atoms with E-state index in [0.717, 1.165) is 23.3 Å². The number of hydrogen-bond acceptors (Lipinski definition) is 3. The van der Waals surface area contributed by atoms with Gasteiger partial charge in [-0.25, -0.2) is 0 Å². The quantitative estimate of drug-likeness (QED) is 0.903. The van der Waals surface area contributed by atoms with Crippen molar-refractivity contribution in [2.45, 2.75) is 39.3 Å². The van der Waals surface area contributed by atoms with Gasteiger partial charge in [-0.1, -0.05) is 25.1 Å². The average molecular weight is 270 g/mol. The fourth-order valence-electron chi connectivity index (χ4n) is 2.15. The van der Waals surface area contributed by atoms with E-state index >= 15 is 0 Å². The predicted molar refractivity (Wildman–Crippen MR) is 81.8 cm³/mol. The van der Waals surface area contributed by atoms with Crippen molar-refractivity contribution in [2.24, 2.45) is 5.73 Å². The lowest BCUT2D eigenvalue weighted by Crippen LogP contribution is -2.31. The Labute approximate surface area is 120 Å². The molecular formula is C17H22N2O. The molecule has 20 heavy (non-hydrogen) atoms. The van der Waals surface area contributed by atoms with Gasteiger partial charge in [0.15, 0.2) is 0 Å². The second kappa shape index (κ2) is 6.53. The average Bonchev–Trinajstić information content (AvgIpc) is 2.49. The molecule has 0 aliphatic heterocycles. The molecule has 2 unspecified atom stereocenters. The minimum Gasteiger partial charge on any atom is -0.484 e. The monoisotopic (exact) mass is 270 g/mol. The smallest absolute Gasteiger partial charge is 0.140 e. The molecule has 0 spiro atoms. The van der Waals surface area contributed by atoms with E-state index in [4.69, 9.17) is 10.5 Å². The molecule has 1 aromatic heterocycles. The zero-order valence-electron chi connectivity index (χ0n) is 12.3. The van der Waals surface area contributed by atoms with Crippen LogP contribution in [0.5, 0.6) is 5.75 Å². The lowest BCUT2D eigenvalue weighted by atomic mass is 10.0. The van der Waals surface area contributed by atoms with Crippen molar-refractivity contribution in [2.75, 3.05) is 0 Å². The van der Waals surface area contributed by atoms with Crippen LogP contribution in [0, 0.1) is 13.8 Å². The summed E-state index contributed by atoms with van der Waals surface area (Å²) < 4.78 is 6.20. The number of ether oxygens (including phenoxy) is 1. The Morgan fingerprint density at radius 3 is 2.65 bits per heavy atom. The third-order valence-electron chi connectivity index (χ3n) is 3.68. The molecule has 0 amide bonds. The molecule has 3 nitrogen and oxygen atoms in total. The maximum atomic E-state index is 6.23. The van der Waals surface area contributed by atoms with Crippen LogP contribution in [0.15, 0.2) is 42.7 Å². The van der Waals surface area contributed by atoms with Crippen LogP contribution in [-0.4, -0.2) is 11.0 Å². The van der Waals surface area contributed by atoms with E-state index in [1.807, 2.05) is 30.5 Å². The number of aromatic nitrogens is 1. The highest BCUT2D eigenvalue weighted by Crippen LogP contribution is 2.28. The Morgan fingerprint density at radius 2 is 2.00 bits per heavy atom. The van der Waals surface area contributed by atoms with E-state index < -0.39 is 0 Å². The van der Waals surface area contributed by atoms with Gasteiger partial charge in [0.2, 0.25) is 0 Å². The molecule has 0 aliphatic carbocycles. The largest absolute Gasteiger partial charge is 0.484 e. The SMILES string of the molecule is CCC(N)C(Oc1cccc(C)c1C)c1cccnc1. The Hall–Kier alpha value is -1.87. The van der Waals surface area contributed by atoms with Crippen molar-refractivity contribution in [3.8, 4) is 5.75 Å². The first-order valence-corrected chi connectivity index (χ1v) is 7.01. The Morgan fingerprint density at radius 1 is 1.20 bits per heavy atom. The first-order chi connectivity index (χ1) is 9.63. The van der Waals surface area contributed by atoms with E-state index in [1.165, 1.54) is 5.56 Å². The number of hydrogen-bond donors (Lipinski definition) is 1. The second-order valence-electron chi connectivity index (χ2n) is 5.09. The first kappa shape index (κ1) is 14.5. The van der Waals surface area contributed by atoms with Crippen LogP contribution in [-0.2, 0) is 0 Å². The predicted octanol–water partition coefficient (Wildman–Crippen LogP) is 3.56. The minimum atomic E-state index is -0.172. The third kappa shape index (κ3) is 3.17. The summed E-state index contributed by atoms with van der Waals surface area (Å²) in [5.74, 6) is 0.891. The first-order valence-electron chi connectivity index (χ1n) is 7.01. The molecule has 0 aliphatic rings. The molecule has 0 saturated heterocycles. The molecule has 0 saturated carbocycles. The van der Waals surface area contributed by atoms with E-state index in [1.54, 1.807) is 6.20 Å². The highest BCUT2D eigenvalue weighted by atomic mass is 16.5. The van der Waals surface area contributed by atoms with Crippen molar-refractivity contribution >= 4 is 0 Å². The van der Waals surface area contributed by atoms with Gasteiger partial charge in [0.25, 0.3) is 0 Å². The van der Waals surface area contributed by atoms with Crippen molar-refractivity contribution < 1.29 is 4.74 Å². The van der Waals surface area contributed by atoms with Gasteiger partial charge in [-0.2, -0.15) is 0 Å². The molecule has 0 fully saturated rings. The van der Waals surface area contributed by atoms with E-state index in [0.29, 0.717) is 0 Å². The van der Waals surface area contributed by atoms with E-state index in [-0.39, 0.29) is 12.1 Å². The lowest BCUT2D eigenvalue weighted by molar-refractivity contribution is 0.169. The summed E-state index contributed by atoms with van der Waals surface area (Å²) in [4.78, 5) is 4.17. The molecule has 0 radical (unpaired) electrons. The number of pyridine rings is 1. The van der Waals surface area contributed by atoms with Crippen molar-refractivity contribution in [1.82, 2.24) is 4.98 Å². The van der Waals surface area contributed by atoms with Gasteiger partial charge in [-0.15, -0.1) is 0 Å². The van der Waals surface area contributed by atoms with Crippen LogP contribution in [0.1, 0.15) is 36.1 Å². The molecule has 2 atom stereocenters. The molecule has 1 aromatic carbocycles. The standard InChI is InChI=1S/C17H22N2O/c1-4-15(18)17(14-8-6-10-19-11-14)20-16-9-5-7-12(2)13(16)3/h5-11,15,17H,4,18H2,1-3H3. The van der Waals surface area contributed by atoms with Crippen LogP contribution in [0.3, 0.4) is 0 Å². The third-order valence-corrected chi connectivity index (χ3v) is 3.68. The number of nitrogens with zero attached hydrogens (tertiary/aromatic N) is 1. The van der Waals surface area contributed by atoms with Gasteiger partial charge < -0.3 is 10.5 Å². The van der Waals surface area contributed by atoms with Gasteiger partial charge in [0.1, 0.15) is 11.9 Å². The van der Waals surface area contributed by atoms with Gasteiger partial charge in [-0.3, -0.25) is 4.98 Å². The molecular weight excluding hydrogens is 248 g/mol. The molecule has 0 bridgehead atoms. The molecule has 2 N–H and O–H groups in total. The number of nitrogens with two attached hydrogens (primary N) is 1. The zero-order valence-corrected chi connectivity index (χ0v) is 12.3. The van der Waals surface area contributed by atoms with Crippen LogP contribution in [0.25, 0.3) is 0 Å². The summed E-state index contributed by atoms with van der Waals surface area (Å²) in [6.45, 7) is 6.23. The highest BCUT2D eigenvalue weighted by molar-refractivity contribution is 5.39. The fraction of sp³-hybridized carbons (Fsp3) is 0.353. The molecule has 106 valence electrons. The second-order valence-corrected chi connectivity index (χ2v) is 5.09.